The molecule has 2 heterocycles. The third-order valence-corrected chi connectivity index (χ3v) is 4.12. The number of piperazine rings is 1. The average Bonchev–Trinajstić information content (AvgIpc) is 3.05. The number of amides is 2. The molecule has 1 saturated heterocycles. The maximum atomic E-state index is 12.6. The van der Waals surface area contributed by atoms with Gasteiger partial charge in [-0.3, -0.25) is 14.5 Å². The number of carbonyl (C=O) groups is 2. The van der Waals surface area contributed by atoms with E-state index in [-0.39, 0.29) is 36.4 Å². The van der Waals surface area contributed by atoms with Gasteiger partial charge >= 0.3 is 6.09 Å². The lowest BCUT2D eigenvalue weighted by Gasteiger charge is -2.35. The second-order valence-corrected chi connectivity index (χ2v) is 7.86. The van der Waals surface area contributed by atoms with E-state index in [0.29, 0.717) is 45.1 Å². The first-order valence-corrected chi connectivity index (χ1v) is 9.98. The Balaban J connectivity index is 0.00000450. The maximum absolute atomic E-state index is 12.6. The first kappa shape index (κ1) is 26.0. The number of nitrogens with zero attached hydrogens (tertiary/aromatic N) is 5. The fourth-order valence-electron chi connectivity index (χ4n) is 2.87. The smallest absolute Gasteiger partial charge is 0.407 e. The molecule has 0 radical (unpaired) electrons. The summed E-state index contributed by atoms with van der Waals surface area (Å²) >= 11 is 0. The van der Waals surface area contributed by atoms with Gasteiger partial charge in [-0.05, 0) is 34.1 Å². The number of ether oxygens (including phenoxy) is 1. The monoisotopic (exact) mass is 535 g/mol. The molecule has 2 N–H and O–H groups in total. The van der Waals surface area contributed by atoms with Gasteiger partial charge in [-0.25, -0.2) is 4.79 Å². The van der Waals surface area contributed by atoms with Gasteiger partial charge in [0.2, 0.25) is 5.91 Å². The molecule has 170 valence electrons. The fraction of sp³-hybridized carbons (Fsp3) is 0.684. The van der Waals surface area contributed by atoms with Crippen molar-refractivity contribution >= 4 is 47.6 Å². The van der Waals surface area contributed by atoms with Crippen LogP contribution >= 0.6 is 24.0 Å². The van der Waals surface area contributed by atoms with Crippen LogP contribution < -0.4 is 15.5 Å². The SMILES string of the molecule is CCNC(=NCCCNC(=O)OC(C)(C)C)N1CCN(c2cnn(C)c2)C(=O)C1.I. The number of halogens is 1. The Morgan fingerprint density at radius 2 is 2.03 bits per heavy atom. The van der Waals surface area contributed by atoms with Crippen LogP contribution in [0.4, 0.5) is 10.5 Å². The normalized spacial score (nSPS) is 15.0. The Morgan fingerprint density at radius 1 is 1.30 bits per heavy atom. The van der Waals surface area contributed by atoms with Crippen molar-refractivity contribution in [1.82, 2.24) is 25.3 Å². The summed E-state index contributed by atoms with van der Waals surface area (Å²) in [7, 11) is 1.83. The van der Waals surface area contributed by atoms with Crippen LogP contribution in [0.25, 0.3) is 0 Å². The fourth-order valence-corrected chi connectivity index (χ4v) is 2.87. The van der Waals surface area contributed by atoms with E-state index in [9.17, 15) is 9.59 Å². The highest BCUT2D eigenvalue weighted by Crippen LogP contribution is 2.16. The van der Waals surface area contributed by atoms with Crippen LogP contribution in [-0.4, -0.2) is 77.5 Å². The van der Waals surface area contributed by atoms with Crippen LogP contribution in [0.15, 0.2) is 17.4 Å². The number of aromatic nitrogens is 2. The van der Waals surface area contributed by atoms with Crippen LogP contribution in [0, 0.1) is 0 Å². The van der Waals surface area contributed by atoms with Gasteiger partial charge in [0, 0.05) is 46.0 Å². The van der Waals surface area contributed by atoms with Gasteiger partial charge in [0.15, 0.2) is 5.96 Å². The van der Waals surface area contributed by atoms with Gasteiger partial charge in [-0.2, -0.15) is 5.10 Å². The molecule has 1 fully saturated rings. The van der Waals surface area contributed by atoms with Gasteiger partial charge in [0.1, 0.15) is 12.1 Å². The van der Waals surface area contributed by atoms with Gasteiger partial charge in [-0.15, -0.1) is 24.0 Å². The highest BCUT2D eigenvalue weighted by molar-refractivity contribution is 14.0. The van der Waals surface area contributed by atoms with Crippen molar-refractivity contribution in [2.24, 2.45) is 12.0 Å². The first-order chi connectivity index (χ1) is 13.7. The Morgan fingerprint density at radius 3 is 2.60 bits per heavy atom. The predicted octanol–water partition coefficient (Wildman–Crippen LogP) is 1.57. The second kappa shape index (κ2) is 12.0. The summed E-state index contributed by atoms with van der Waals surface area (Å²) in [5, 5.41) is 10.1. The van der Waals surface area contributed by atoms with E-state index in [1.54, 1.807) is 15.8 Å². The zero-order valence-electron chi connectivity index (χ0n) is 18.5. The lowest BCUT2D eigenvalue weighted by Crippen LogP contribution is -2.55. The van der Waals surface area contributed by atoms with Gasteiger partial charge in [0.05, 0.1) is 11.9 Å². The molecule has 10 nitrogen and oxygen atoms in total. The van der Waals surface area contributed by atoms with E-state index < -0.39 is 11.7 Å². The van der Waals surface area contributed by atoms with Crippen molar-refractivity contribution in [2.45, 2.75) is 39.7 Å². The Labute approximate surface area is 195 Å². The maximum Gasteiger partial charge on any atom is 0.407 e. The molecule has 0 aromatic carbocycles. The number of nitrogens with one attached hydrogen (secondary N) is 2. The summed E-state index contributed by atoms with van der Waals surface area (Å²) in [6.45, 7) is 10.7. The second-order valence-electron chi connectivity index (χ2n) is 7.86. The van der Waals surface area contributed by atoms with Crippen molar-refractivity contribution < 1.29 is 14.3 Å². The van der Waals surface area contributed by atoms with Crippen molar-refractivity contribution in [1.29, 1.82) is 0 Å². The van der Waals surface area contributed by atoms with Crippen LogP contribution in [0.3, 0.4) is 0 Å². The summed E-state index contributed by atoms with van der Waals surface area (Å²) in [5.41, 5.74) is 0.303. The van der Waals surface area contributed by atoms with E-state index in [2.05, 4.69) is 20.7 Å². The lowest BCUT2D eigenvalue weighted by molar-refractivity contribution is -0.120. The van der Waals surface area contributed by atoms with E-state index in [1.165, 1.54) is 0 Å². The van der Waals surface area contributed by atoms with E-state index in [0.717, 1.165) is 5.69 Å². The molecule has 11 heteroatoms. The lowest BCUT2D eigenvalue weighted by atomic mass is 10.2. The Kier molecular flexibility index (Phi) is 10.4. The Bertz CT molecular complexity index is 730. The topological polar surface area (TPSA) is 104 Å². The molecule has 0 unspecified atom stereocenters. The summed E-state index contributed by atoms with van der Waals surface area (Å²) in [5.74, 6) is 0.727. The third-order valence-electron chi connectivity index (χ3n) is 4.12. The number of rotatable bonds is 6. The van der Waals surface area contributed by atoms with Crippen molar-refractivity contribution in [3.05, 3.63) is 12.4 Å². The number of aliphatic imine (C=N–C) groups is 1. The zero-order chi connectivity index (χ0) is 21.4. The van der Waals surface area contributed by atoms with Crippen LogP contribution in [0.2, 0.25) is 0 Å². The number of carbonyl (C=O) groups excluding carboxylic acids is 2. The van der Waals surface area contributed by atoms with Gasteiger partial charge in [-0.1, -0.05) is 0 Å². The molecule has 0 bridgehead atoms. The molecule has 1 aliphatic heterocycles. The largest absolute Gasteiger partial charge is 0.444 e. The minimum Gasteiger partial charge on any atom is -0.444 e. The molecular formula is C19H34IN7O3. The molecule has 0 spiro atoms. The number of hydrogen-bond donors (Lipinski definition) is 2. The standard InChI is InChI=1S/C19H33N7O3.HI/c1-6-20-17(21-8-7-9-22-18(28)29-19(2,3)4)25-10-11-26(16(27)14-25)15-12-23-24(5)13-15;/h12-13H,6-11,14H2,1-5H3,(H,20,21)(H,22,28);1H. The average molecular weight is 535 g/mol. The summed E-state index contributed by atoms with van der Waals surface area (Å²) < 4.78 is 6.89. The molecule has 1 aromatic heterocycles. The quantitative estimate of drug-likeness (QED) is 0.248. The summed E-state index contributed by atoms with van der Waals surface area (Å²) in [4.78, 5) is 32.5. The molecule has 30 heavy (non-hydrogen) atoms. The van der Waals surface area contributed by atoms with Gasteiger partial charge < -0.3 is 25.2 Å². The van der Waals surface area contributed by atoms with E-state index in [1.807, 2.05) is 45.8 Å². The Hall–Kier alpha value is -2.05. The molecule has 0 atom stereocenters. The van der Waals surface area contributed by atoms with Gasteiger partial charge in [0.25, 0.3) is 0 Å². The summed E-state index contributed by atoms with van der Waals surface area (Å²) in [6.07, 6.45) is 3.79. The predicted molar refractivity (Wildman–Crippen MR) is 127 cm³/mol. The molecule has 1 aromatic rings. The molecule has 2 rings (SSSR count). The minimum atomic E-state index is -0.509. The van der Waals surface area contributed by atoms with Crippen LogP contribution in [0.1, 0.15) is 34.1 Å². The van der Waals surface area contributed by atoms with E-state index in [4.69, 9.17) is 4.74 Å². The number of guanidine groups is 1. The van der Waals surface area contributed by atoms with Crippen molar-refractivity contribution in [2.75, 3.05) is 44.2 Å². The molecule has 2 amide bonds. The summed E-state index contributed by atoms with van der Waals surface area (Å²) in [6, 6.07) is 0. The van der Waals surface area contributed by atoms with Crippen LogP contribution in [-0.2, 0) is 16.6 Å². The zero-order valence-corrected chi connectivity index (χ0v) is 20.8. The third kappa shape index (κ3) is 8.36. The highest BCUT2D eigenvalue weighted by Gasteiger charge is 2.27. The number of aryl methyl sites for hydroxylation is 1. The number of alkyl carbamates (subject to hydrolysis) is 1. The minimum absolute atomic E-state index is 0. The number of anilines is 1. The molecule has 0 aliphatic carbocycles. The van der Waals surface area contributed by atoms with Crippen LogP contribution in [0.5, 0.6) is 0 Å². The van der Waals surface area contributed by atoms with E-state index >= 15 is 0 Å². The highest BCUT2D eigenvalue weighted by atomic mass is 127. The number of hydrogen-bond acceptors (Lipinski definition) is 5. The molecule has 0 saturated carbocycles. The van der Waals surface area contributed by atoms with Crippen molar-refractivity contribution in [3.8, 4) is 0 Å². The molecule has 1 aliphatic rings. The molecular weight excluding hydrogens is 501 g/mol. The first-order valence-electron chi connectivity index (χ1n) is 9.98. The van der Waals surface area contributed by atoms with Crippen molar-refractivity contribution in [3.63, 3.8) is 0 Å².